The van der Waals surface area contributed by atoms with Gasteiger partial charge in [0.15, 0.2) is 0 Å². The highest BCUT2D eigenvalue weighted by Crippen LogP contribution is 2.23. The number of benzene rings is 1. The Morgan fingerprint density at radius 2 is 1.74 bits per heavy atom. The Bertz CT molecular complexity index is 802. The monoisotopic (exact) mass is 309 g/mol. The second-order valence-corrected chi connectivity index (χ2v) is 5.41. The van der Waals surface area contributed by atoms with E-state index in [1.165, 1.54) is 19.2 Å². The quantitative estimate of drug-likeness (QED) is 0.877. The van der Waals surface area contributed by atoms with Gasteiger partial charge in [-0.1, -0.05) is 0 Å². The van der Waals surface area contributed by atoms with E-state index in [9.17, 15) is 14.4 Å². The van der Waals surface area contributed by atoms with Gasteiger partial charge in [0.2, 0.25) is 0 Å². The largest absolute Gasteiger partial charge is 0.346 e. The molecule has 1 aliphatic heterocycles. The van der Waals surface area contributed by atoms with Gasteiger partial charge < -0.3 is 5.32 Å². The van der Waals surface area contributed by atoms with E-state index in [-0.39, 0.29) is 29.3 Å². The fourth-order valence-corrected chi connectivity index (χ4v) is 2.52. The van der Waals surface area contributed by atoms with Gasteiger partial charge in [0.1, 0.15) is 0 Å². The summed E-state index contributed by atoms with van der Waals surface area (Å²) in [5.41, 5.74) is 1.87. The molecule has 3 amide bonds. The molecule has 1 aromatic carbocycles. The fraction of sp³-hybridized carbons (Fsp3) is 0.176. The molecule has 0 bridgehead atoms. The van der Waals surface area contributed by atoms with E-state index < -0.39 is 0 Å². The zero-order valence-electron chi connectivity index (χ0n) is 12.7. The van der Waals surface area contributed by atoms with Crippen LogP contribution in [0.15, 0.2) is 42.7 Å². The lowest BCUT2D eigenvalue weighted by molar-refractivity contribution is 0.0693. The van der Waals surface area contributed by atoms with Crippen LogP contribution in [0.25, 0.3) is 0 Å². The Morgan fingerprint density at radius 3 is 2.43 bits per heavy atom. The molecule has 6 nitrogen and oxygen atoms in total. The molecule has 0 saturated heterocycles. The van der Waals surface area contributed by atoms with Gasteiger partial charge in [-0.05, 0) is 42.8 Å². The van der Waals surface area contributed by atoms with Crippen molar-refractivity contribution in [2.45, 2.75) is 13.0 Å². The first-order chi connectivity index (χ1) is 11.0. The maximum Gasteiger partial charge on any atom is 0.261 e. The lowest BCUT2D eigenvalue weighted by Gasteiger charge is -2.14. The molecule has 0 radical (unpaired) electrons. The van der Waals surface area contributed by atoms with Crippen molar-refractivity contribution in [2.75, 3.05) is 7.05 Å². The van der Waals surface area contributed by atoms with Gasteiger partial charge in [0.25, 0.3) is 17.7 Å². The zero-order chi connectivity index (χ0) is 16.6. The molecule has 0 fully saturated rings. The molecule has 2 aromatic rings. The standard InChI is InChI=1S/C17H15N3O3/c1-10(11-5-7-18-8-6-11)19-15(21)12-3-4-13-14(9-12)17(23)20(2)16(13)22/h3-10H,1-2H3,(H,19,21). The highest BCUT2D eigenvalue weighted by atomic mass is 16.2. The van der Waals surface area contributed by atoms with Crippen molar-refractivity contribution in [3.8, 4) is 0 Å². The number of carbonyl (C=O) groups excluding carboxylic acids is 3. The van der Waals surface area contributed by atoms with E-state index in [2.05, 4.69) is 10.3 Å². The highest BCUT2D eigenvalue weighted by Gasteiger charge is 2.33. The molecule has 6 heteroatoms. The molecule has 0 spiro atoms. The van der Waals surface area contributed by atoms with Crippen LogP contribution in [0.1, 0.15) is 49.6 Å². The number of imide groups is 1. The minimum atomic E-state index is -0.387. The van der Waals surface area contributed by atoms with Gasteiger partial charge in [-0.2, -0.15) is 0 Å². The molecule has 1 atom stereocenters. The third kappa shape index (κ3) is 2.59. The number of fused-ring (bicyclic) bond motifs is 1. The van der Waals surface area contributed by atoms with Crippen LogP contribution in [0.4, 0.5) is 0 Å². The Labute approximate surface area is 133 Å². The van der Waals surface area contributed by atoms with Crippen molar-refractivity contribution in [3.05, 3.63) is 65.0 Å². The average molecular weight is 309 g/mol. The second kappa shape index (κ2) is 5.64. The summed E-state index contributed by atoms with van der Waals surface area (Å²) in [4.78, 5) is 41.2. The maximum absolute atomic E-state index is 12.4. The third-order valence-electron chi connectivity index (χ3n) is 3.91. The predicted molar refractivity (Wildman–Crippen MR) is 83.0 cm³/mol. The summed E-state index contributed by atoms with van der Waals surface area (Å²) in [6.07, 6.45) is 3.32. The minimum Gasteiger partial charge on any atom is -0.346 e. The van der Waals surface area contributed by atoms with Crippen molar-refractivity contribution in [3.63, 3.8) is 0 Å². The van der Waals surface area contributed by atoms with Crippen molar-refractivity contribution < 1.29 is 14.4 Å². The van der Waals surface area contributed by atoms with Crippen LogP contribution < -0.4 is 5.32 Å². The molecule has 116 valence electrons. The molecule has 0 aliphatic carbocycles. The SMILES string of the molecule is CC(NC(=O)c1ccc2c(c1)C(=O)N(C)C2=O)c1ccncc1. The number of hydrogen-bond donors (Lipinski definition) is 1. The first-order valence-corrected chi connectivity index (χ1v) is 7.16. The third-order valence-corrected chi connectivity index (χ3v) is 3.91. The molecular formula is C17H15N3O3. The predicted octanol–water partition coefficient (Wildman–Crippen LogP) is 1.80. The number of pyridine rings is 1. The van der Waals surface area contributed by atoms with Crippen molar-refractivity contribution in [2.24, 2.45) is 0 Å². The first kappa shape index (κ1) is 14.9. The molecular weight excluding hydrogens is 294 g/mol. The van der Waals surface area contributed by atoms with Gasteiger partial charge in [0.05, 0.1) is 17.2 Å². The van der Waals surface area contributed by atoms with Crippen LogP contribution in [0, 0.1) is 0 Å². The van der Waals surface area contributed by atoms with E-state index in [0.717, 1.165) is 10.5 Å². The Kier molecular flexibility index (Phi) is 3.65. The Balaban J connectivity index is 1.82. The number of amides is 3. The summed E-state index contributed by atoms with van der Waals surface area (Å²) in [7, 11) is 1.43. The van der Waals surface area contributed by atoms with E-state index in [0.29, 0.717) is 11.1 Å². The number of nitrogens with one attached hydrogen (secondary N) is 1. The van der Waals surface area contributed by atoms with Crippen molar-refractivity contribution >= 4 is 17.7 Å². The summed E-state index contributed by atoms with van der Waals surface area (Å²) in [6.45, 7) is 1.86. The lowest BCUT2D eigenvalue weighted by atomic mass is 10.0. The molecule has 1 N–H and O–H groups in total. The summed E-state index contributed by atoms with van der Waals surface area (Å²) in [5.74, 6) is -1.03. The number of carbonyl (C=O) groups is 3. The van der Waals surface area contributed by atoms with Crippen LogP contribution >= 0.6 is 0 Å². The number of aromatic nitrogens is 1. The molecule has 23 heavy (non-hydrogen) atoms. The molecule has 3 rings (SSSR count). The van der Waals surface area contributed by atoms with Gasteiger partial charge in [-0.3, -0.25) is 24.3 Å². The smallest absolute Gasteiger partial charge is 0.261 e. The van der Waals surface area contributed by atoms with E-state index in [4.69, 9.17) is 0 Å². The fourth-order valence-electron chi connectivity index (χ4n) is 2.52. The highest BCUT2D eigenvalue weighted by molar-refractivity contribution is 6.21. The van der Waals surface area contributed by atoms with Crippen molar-refractivity contribution in [1.82, 2.24) is 15.2 Å². The molecule has 2 heterocycles. The Morgan fingerprint density at radius 1 is 1.09 bits per heavy atom. The van der Waals surface area contributed by atoms with Gasteiger partial charge in [-0.15, -0.1) is 0 Å². The van der Waals surface area contributed by atoms with Gasteiger partial charge in [0, 0.05) is 25.0 Å². The van der Waals surface area contributed by atoms with Gasteiger partial charge in [-0.25, -0.2) is 0 Å². The molecule has 1 unspecified atom stereocenters. The van der Waals surface area contributed by atoms with E-state index in [1.807, 2.05) is 19.1 Å². The van der Waals surface area contributed by atoms with Crippen LogP contribution in [-0.4, -0.2) is 34.7 Å². The number of hydrogen-bond acceptors (Lipinski definition) is 4. The summed E-state index contributed by atoms with van der Waals surface area (Å²) in [5, 5.41) is 2.86. The summed E-state index contributed by atoms with van der Waals surface area (Å²) < 4.78 is 0. The minimum absolute atomic E-state index is 0.196. The van der Waals surface area contributed by atoms with Crippen LogP contribution in [0.3, 0.4) is 0 Å². The molecule has 1 aromatic heterocycles. The van der Waals surface area contributed by atoms with Crippen LogP contribution in [-0.2, 0) is 0 Å². The normalized spacial score (nSPS) is 14.6. The second-order valence-electron chi connectivity index (χ2n) is 5.41. The Hall–Kier alpha value is -3.02. The summed E-state index contributed by atoms with van der Waals surface area (Å²) in [6, 6.07) is 7.99. The maximum atomic E-state index is 12.4. The van der Waals surface area contributed by atoms with E-state index in [1.54, 1.807) is 18.5 Å². The zero-order valence-corrected chi connectivity index (χ0v) is 12.7. The summed E-state index contributed by atoms with van der Waals surface area (Å²) >= 11 is 0. The van der Waals surface area contributed by atoms with Gasteiger partial charge >= 0.3 is 0 Å². The van der Waals surface area contributed by atoms with Crippen molar-refractivity contribution in [1.29, 1.82) is 0 Å². The number of rotatable bonds is 3. The topological polar surface area (TPSA) is 79.4 Å². The molecule has 0 saturated carbocycles. The van der Waals surface area contributed by atoms with Crippen LogP contribution in [0.5, 0.6) is 0 Å². The van der Waals surface area contributed by atoms with Crippen LogP contribution in [0.2, 0.25) is 0 Å². The first-order valence-electron chi connectivity index (χ1n) is 7.16. The lowest BCUT2D eigenvalue weighted by Crippen LogP contribution is -2.27. The average Bonchev–Trinajstić information content (AvgIpc) is 2.79. The van der Waals surface area contributed by atoms with E-state index >= 15 is 0 Å². The molecule has 1 aliphatic rings. The number of nitrogens with zero attached hydrogens (tertiary/aromatic N) is 2.